The fourth-order valence-electron chi connectivity index (χ4n) is 1.66. The van der Waals surface area contributed by atoms with E-state index in [0.717, 1.165) is 9.26 Å². The van der Waals surface area contributed by atoms with Crippen LogP contribution in [0.4, 0.5) is 5.69 Å². The molecule has 0 saturated carbocycles. The lowest BCUT2D eigenvalue weighted by atomic mass is 10.1. The van der Waals surface area contributed by atoms with Crippen LogP contribution in [0.3, 0.4) is 0 Å². The average Bonchev–Trinajstić information content (AvgIpc) is 2.37. The molecule has 0 heterocycles. The number of rotatable bonds is 2. The van der Waals surface area contributed by atoms with Gasteiger partial charge in [0, 0.05) is 9.13 Å². The van der Waals surface area contributed by atoms with Crippen molar-refractivity contribution in [2.45, 2.75) is 13.8 Å². The quantitative estimate of drug-likeness (QED) is 0.809. The number of carbonyl (C=O) groups excluding carboxylic acids is 1. The zero-order valence-electron chi connectivity index (χ0n) is 10.3. The van der Waals surface area contributed by atoms with Gasteiger partial charge in [0.05, 0.1) is 5.69 Å². The largest absolute Gasteiger partial charge is 0.321 e. The Morgan fingerprint density at radius 3 is 2.33 bits per heavy atom. The maximum atomic E-state index is 12.0. The van der Waals surface area contributed by atoms with Crippen LogP contribution in [0, 0.1) is 17.4 Å². The average molecular weight is 351 g/mol. The van der Waals surface area contributed by atoms with E-state index >= 15 is 0 Å². The maximum absolute atomic E-state index is 12.0. The summed E-state index contributed by atoms with van der Waals surface area (Å²) < 4.78 is 1.06. The van der Waals surface area contributed by atoms with Gasteiger partial charge in [0.1, 0.15) is 0 Å². The minimum absolute atomic E-state index is 0.0724. The number of aryl methyl sites for hydroxylation is 2. The highest BCUT2D eigenvalue weighted by Gasteiger charge is 2.08. The molecule has 3 heteroatoms. The summed E-state index contributed by atoms with van der Waals surface area (Å²) in [5, 5.41) is 2.95. The molecule has 0 atom stereocenters. The van der Waals surface area contributed by atoms with Gasteiger partial charge in [0.2, 0.25) is 0 Å². The second-order valence-electron chi connectivity index (χ2n) is 4.24. The third-order valence-corrected chi connectivity index (χ3v) is 3.76. The minimum Gasteiger partial charge on any atom is -0.321 e. The van der Waals surface area contributed by atoms with Crippen LogP contribution in [0.15, 0.2) is 42.5 Å². The van der Waals surface area contributed by atoms with Crippen LogP contribution in [-0.2, 0) is 0 Å². The highest BCUT2D eigenvalue weighted by atomic mass is 127. The summed E-state index contributed by atoms with van der Waals surface area (Å²) in [6.45, 7) is 4.11. The Bertz CT molecular complexity index is 579. The van der Waals surface area contributed by atoms with Crippen LogP contribution >= 0.6 is 22.6 Å². The topological polar surface area (TPSA) is 29.1 Å². The third kappa shape index (κ3) is 2.90. The first-order valence-corrected chi connectivity index (χ1v) is 6.79. The van der Waals surface area contributed by atoms with E-state index in [9.17, 15) is 4.79 Å². The molecule has 2 aromatic rings. The summed E-state index contributed by atoms with van der Waals surface area (Å²) in [6.07, 6.45) is 0. The first-order valence-electron chi connectivity index (χ1n) is 5.71. The molecular formula is C15H14INO. The maximum Gasteiger partial charge on any atom is 0.255 e. The molecular weight excluding hydrogens is 337 g/mol. The normalized spacial score (nSPS) is 10.2. The lowest BCUT2D eigenvalue weighted by Gasteiger charge is -2.10. The molecule has 0 unspecified atom stereocenters. The van der Waals surface area contributed by atoms with Crippen LogP contribution < -0.4 is 5.32 Å². The van der Waals surface area contributed by atoms with E-state index < -0.39 is 0 Å². The number of benzene rings is 2. The Morgan fingerprint density at radius 2 is 1.67 bits per heavy atom. The summed E-state index contributed by atoms with van der Waals surface area (Å²) in [4.78, 5) is 12.0. The second-order valence-corrected chi connectivity index (χ2v) is 5.40. The van der Waals surface area contributed by atoms with Crippen LogP contribution in [0.5, 0.6) is 0 Å². The Labute approximate surface area is 121 Å². The predicted molar refractivity (Wildman–Crippen MR) is 83.0 cm³/mol. The highest BCUT2D eigenvalue weighted by molar-refractivity contribution is 14.1. The van der Waals surface area contributed by atoms with Gasteiger partial charge < -0.3 is 5.32 Å². The second kappa shape index (κ2) is 5.52. The van der Waals surface area contributed by atoms with E-state index in [1.165, 1.54) is 11.1 Å². The Balaban J connectivity index is 2.25. The van der Waals surface area contributed by atoms with E-state index in [2.05, 4.69) is 40.9 Å². The van der Waals surface area contributed by atoms with Gasteiger partial charge in [-0.15, -0.1) is 0 Å². The number of hydrogen-bond donors (Lipinski definition) is 1. The molecule has 0 aliphatic heterocycles. The van der Waals surface area contributed by atoms with Crippen molar-refractivity contribution in [3.63, 3.8) is 0 Å². The molecule has 0 aromatic heterocycles. The Morgan fingerprint density at radius 1 is 1.06 bits per heavy atom. The van der Waals surface area contributed by atoms with Crippen molar-refractivity contribution in [1.82, 2.24) is 0 Å². The first kappa shape index (κ1) is 13.1. The van der Waals surface area contributed by atoms with E-state index in [1.807, 2.05) is 43.3 Å². The van der Waals surface area contributed by atoms with E-state index in [0.29, 0.717) is 5.56 Å². The van der Waals surface area contributed by atoms with Crippen molar-refractivity contribution in [2.75, 3.05) is 5.32 Å². The molecule has 0 spiro atoms. The molecule has 0 radical (unpaired) electrons. The molecule has 92 valence electrons. The number of nitrogens with one attached hydrogen (secondary N) is 1. The molecule has 2 aromatic carbocycles. The molecule has 1 N–H and O–H groups in total. The molecule has 0 bridgehead atoms. The van der Waals surface area contributed by atoms with Gasteiger partial charge in [-0.05, 0) is 71.8 Å². The molecule has 2 nitrogen and oxygen atoms in total. The van der Waals surface area contributed by atoms with Crippen LogP contribution in [0.25, 0.3) is 0 Å². The standard InChI is InChI=1S/C15H14INO/c1-10-8-13(16)14(9-11(10)2)17-15(18)12-6-4-3-5-7-12/h3-9H,1-2H3,(H,17,18). The minimum atomic E-state index is -0.0724. The molecule has 0 fully saturated rings. The summed E-state index contributed by atoms with van der Waals surface area (Å²) in [5.74, 6) is -0.0724. The van der Waals surface area contributed by atoms with E-state index in [4.69, 9.17) is 0 Å². The predicted octanol–water partition coefficient (Wildman–Crippen LogP) is 4.16. The van der Waals surface area contributed by atoms with Gasteiger partial charge >= 0.3 is 0 Å². The van der Waals surface area contributed by atoms with Crippen molar-refractivity contribution in [3.8, 4) is 0 Å². The smallest absolute Gasteiger partial charge is 0.255 e. The van der Waals surface area contributed by atoms with Crippen LogP contribution in [-0.4, -0.2) is 5.91 Å². The van der Waals surface area contributed by atoms with Crippen LogP contribution in [0.2, 0.25) is 0 Å². The molecule has 2 rings (SSSR count). The van der Waals surface area contributed by atoms with Gasteiger partial charge in [-0.3, -0.25) is 4.79 Å². The molecule has 18 heavy (non-hydrogen) atoms. The van der Waals surface area contributed by atoms with Crippen molar-refractivity contribution in [3.05, 3.63) is 62.7 Å². The Kier molecular flexibility index (Phi) is 4.01. The number of hydrogen-bond acceptors (Lipinski definition) is 1. The monoisotopic (exact) mass is 351 g/mol. The first-order chi connectivity index (χ1) is 8.58. The van der Waals surface area contributed by atoms with Crippen molar-refractivity contribution < 1.29 is 4.79 Å². The molecule has 1 amide bonds. The van der Waals surface area contributed by atoms with E-state index in [1.54, 1.807) is 0 Å². The number of amides is 1. The van der Waals surface area contributed by atoms with Gasteiger partial charge in [-0.2, -0.15) is 0 Å². The van der Waals surface area contributed by atoms with Gasteiger partial charge in [-0.25, -0.2) is 0 Å². The summed E-state index contributed by atoms with van der Waals surface area (Å²) in [6, 6.07) is 13.3. The lowest BCUT2D eigenvalue weighted by Crippen LogP contribution is -2.12. The lowest BCUT2D eigenvalue weighted by molar-refractivity contribution is 0.102. The summed E-state index contributed by atoms with van der Waals surface area (Å²) >= 11 is 2.24. The number of carbonyl (C=O) groups is 1. The van der Waals surface area contributed by atoms with Crippen molar-refractivity contribution >= 4 is 34.2 Å². The van der Waals surface area contributed by atoms with Crippen molar-refractivity contribution in [2.24, 2.45) is 0 Å². The van der Waals surface area contributed by atoms with Gasteiger partial charge in [0.25, 0.3) is 5.91 Å². The van der Waals surface area contributed by atoms with Gasteiger partial charge in [-0.1, -0.05) is 18.2 Å². The van der Waals surface area contributed by atoms with Crippen LogP contribution in [0.1, 0.15) is 21.5 Å². The fraction of sp³-hybridized carbons (Fsp3) is 0.133. The molecule has 0 saturated heterocycles. The third-order valence-electron chi connectivity index (χ3n) is 2.87. The highest BCUT2D eigenvalue weighted by Crippen LogP contribution is 2.23. The summed E-state index contributed by atoms with van der Waals surface area (Å²) in [7, 11) is 0. The van der Waals surface area contributed by atoms with Crippen molar-refractivity contribution in [1.29, 1.82) is 0 Å². The molecule has 0 aliphatic rings. The zero-order valence-corrected chi connectivity index (χ0v) is 12.5. The Hall–Kier alpha value is -1.36. The zero-order chi connectivity index (χ0) is 13.1. The molecule has 0 aliphatic carbocycles. The van der Waals surface area contributed by atoms with Gasteiger partial charge in [0.15, 0.2) is 0 Å². The number of anilines is 1. The summed E-state index contributed by atoms with van der Waals surface area (Å²) in [5.41, 5.74) is 3.95. The fourth-order valence-corrected chi connectivity index (χ4v) is 2.42. The van der Waals surface area contributed by atoms with E-state index in [-0.39, 0.29) is 5.91 Å². The number of halogens is 1. The SMILES string of the molecule is Cc1cc(I)c(NC(=O)c2ccccc2)cc1C.